The molecule has 0 aliphatic carbocycles. The van der Waals surface area contributed by atoms with Gasteiger partial charge in [0.2, 0.25) is 0 Å². The van der Waals surface area contributed by atoms with Crippen molar-refractivity contribution in [1.29, 1.82) is 0 Å². The Hall–Kier alpha value is -2.69. The number of rotatable bonds is 6. The van der Waals surface area contributed by atoms with Gasteiger partial charge in [-0.05, 0) is 37.1 Å². The van der Waals surface area contributed by atoms with Gasteiger partial charge in [0.1, 0.15) is 17.2 Å². The fraction of sp³-hybridized carbons (Fsp3) is 0.381. The second kappa shape index (κ2) is 8.61. The molecule has 0 bridgehead atoms. The monoisotopic (exact) mass is 355 g/mol. The Bertz CT molecular complexity index is 710. The molecule has 26 heavy (non-hydrogen) atoms. The lowest BCUT2D eigenvalue weighted by Gasteiger charge is -2.32. The van der Waals surface area contributed by atoms with Gasteiger partial charge < -0.3 is 19.1 Å². The second-order valence-corrected chi connectivity index (χ2v) is 6.48. The van der Waals surface area contributed by atoms with E-state index >= 15 is 0 Å². The number of methoxy groups -OCH3 is 2. The minimum atomic E-state index is 0.00612. The van der Waals surface area contributed by atoms with E-state index in [2.05, 4.69) is 0 Å². The summed E-state index contributed by atoms with van der Waals surface area (Å²) in [5, 5.41) is 0. The van der Waals surface area contributed by atoms with E-state index in [0.29, 0.717) is 36.1 Å². The summed E-state index contributed by atoms with van der Waals surface area (Å²) in [7, 11) is 3.17. The van der Waals surface area contributed by atoms with Crippen molar-refractivity contribution in [2.24, 2.45) is 5.92 Å². The summed E-state index contributed by atoms with van der Waals surface area (Å²) in [6, 6.07) is 15.1. The van der Waals surface area contributed by atoms with E-state index < -0.39 is 0 Å². The van der Waals surface area contributed by atoms with Crippen LogP contribution in [0.5, 0.6) is 17.2 Å². The van der Waals surface area contributed by atoms with Gasteiger partial charge in [-0.15, -0.1) is 0 Å². The maximum Gasteiger partial charge on any atom is 0.254 e. The van der Waals surface area contributed by atoms with E-state index in [1.54, 1.807) is 32.4 Å². The Morgan fingerprint density at radius 3 is 2.38 bits per heavy atom. The third-order valence-corrected chi connectivity index (χ3v) is 4.63. The van der Waals surface area contributed by atoms with Gasteiger partial charge in [0.25, 0.3) is 5.91 Å². The SMILES string of the molecule is COc1cc(OC)cc(C(=O)N2CCCC(COc3ccccc3)C2)c1. The van der Waals surface area contributed by atoms with Crippen molar-refractivity contribution in [3.8, 4) is 17.2 Å². The zero-order valence-electron chi connectivity index (χ0n) is 15.3. The Kier molecular flexibility index (Phi) is 6.00. The average molecular weight is 355 g/mol. The van der Waals surface area contributed by atoms with Gasteiger partial charge in [0.15, 0.2) is 0 Å². The molecule has 1 fully saturated rings. The number of piperidine rings is 1. The van der Waals surface area contributed by atoms with Gasteiger partial charge in [-0.3, -0.25) is 4.79 Å². The van der Waals surface area contributed by atoms with Crippen LogP contribution in [0.2, 0.25) is 0 Å². The Morgan fingerprint density at radius 1 is 1.04 bits per heavy atom. The van der Waals surface area contributed by atoms with Gasteiger partial charge in [-0.1, -0.05) is 18.2 Å². The van der Waals surface area contributed by atoms with Crippen molar-refractivity contribution in [2.45, 2.75) is 12.8 Å². The minimum absolute atomic E-state index is 0.00612. The van der Waals surface area contributed by atoms with Crippen LogP contribution in [0, 0.1) is 5.92 Å². The van der Waals surface area contributed by atoms with E-state index in [-0.39, 0.29) is 5.91 Å². The molecule has 3 rings (SSSR count). The molecule has 1 saturated heterocycles. The molecule has 0 radical (unpaired) electrons. The zero-order chi connectivity index (χ0) is 18.4. The number of benzene rings is 2. The standard InChI is InChI=1S/C21H25NO4/c1-24-19-11-17(12-20(13-19)25-2)21(23)22-10-6-7-16(14-22)15-26-18-8-4-3-5-9-18/h3-5,8-9,11-13,16H,6-7,10,14-15H2,1-2H3. The molecule has 1 atom stereocenters. The molecule has 2 aromatic rings. The minimum Gasteiger partial charge on any atom is -0.497 e. The first-order valence-corrected chi connectivity index (χ1v) is 8.90. The zero-order valence-corrected chi connectivity index (χ0v) is 15.3. The number of para-hydroxylation sites is 1. The quantitative estimate of drug-likeness (QED) is 0.794. The highest BCUT2D eigenvalue weighted by molar-refractivity contribution is 5.95. The van der Waals surface area contributed by atoms with Crippen LogP contribution < -0.4 is 14.2 Å². The van der Waals surface area contributed by atoms with E-state index in [1.807, 2.05) is 35.2 Å². The van der Waals surface area contributed by atoms with Crippen LogP contribution in [-0.4, -0.2) is 44.7 Å². The van der Waals surface area contributed by atoms with Crippen LogP contribution in [0.1, 0.15) is 23.2 Å². The molecule has 0 spiro atoms. The van der Waals surface area contributed by atoms with Crippen LogP contribution in [0.3, 0.4) is 0 Å². The molecule has 1 amide bonds. The van der Waals surface area contributed by atoms with Gasteiger partial charge in [-0.2, -0.15) is 0 Å². The predicted molar refractivity (Wildman–Crippen MR) is 100 cm³/mol. The number of carbonyl (C=O) groups is 1. The van der Waals surface area contributed by atoms with Crippen molar-refractivity contribution in [1.82, 2.24) is 4.90 Å². The first-order valence-electron chi connectivity index (χ1n) is 8.90. The summed E-state index contributed by atoms with van der Waals surface area (Å²) in [5.41, 5.74) is 0.589. The number of likely N-dealkylation sites (tertiary alicyclic amines) is 1. The van der Waals surface area contributed by atoms with Gasteiger partial charge in [-0.25, -0.2) is 0 Å². The summed E-state index contributed by atoms with van der Waals surface area (Å²) in [4.78, 5) is 14.8. The molecule has 1 aliphatic heterocycles. The largest absolute Gasteiger partial charge is 0.497 e. The number of amides is 1. The van der Waals surface area contributed by atoms with Crippen LogP contribution in [-0.2, 0) is 0 Å². The number of nitrogens with zero attached hydrogens (tertiary/aromatic N) is 1. The molecule has 0 N–H and O–H groups in total. The second-order valence-electron chi connectivity index (χ2n) is 6.48. The number of ether oxygens (including phenoxy) is 3. The lowest BCUT2D eigenvalue weighted by Crippen LogP contribution is -2.41. The smallest absolute Gasteiger partial charge is 0.254 e. The number of hydrogen-bond donors (Lipinski definition) is 0. The maximum absolute atomic E-state index is 12.9. The molecule has 5 nitrogen and oxygen atoms in total. The summed E-state index contributed by atoms with van der Waals surface area (Å²) < 4.78 is 16.4. The van der Waals surface area contributed by atoms with Crippen LogP contribution >= 0.6 is 0 Å². The normalized spacial score (nSPS) is 16.8. The molecule has 2 aromatic carbocycles. The lowest BCUT2D eigenvalue weighted by molar-refractivity contribution is 0.0632. The van der Waals surface area contributed by atoms with Crippen LogP contribution in [0.15, 0.2) is 48.5 Å². The Morgan fingerprint density at radius 2 is 1.73 bits per heavy atom. The molecule has 5 heteroatoms. The van der Waals surface area contributed by atoms with E-state index in [9.17, 15) is 4.79 Å². The number of hydrogen-bond acceptors (Lipinski definition) is 4. The van der Waals surface area contributed by atoms with E-state index in [1.165, 1.54) is 0 Å². The van der Waals surface area contributed by atoms with Crippen molar-refractivity contribution < 1.29 is 19.0 Å². The number of carbonyl (C=O) groups excluding carboxylic acids is 1. The topological polar surface area (TPSA) is 48.0 Å². The molecule has 1 aliphatic rings. The predicted octanol–water partition coefficient (Wildman–Crippen LogP) is 3.64. The average Bonchev–Trinajstić information content (AvgIpc) is 2.72. The van der Waals surface area contributed by atoms with Gasteiger partial charge >= 0.3 is 0 Å². The highest BCUT2D eigenvalue weighted by atomic mass is 16.5. The summed E-state index contributed by atoms with van der Waals surface area (Å²) in [6.07, 6.45) is 2.05. The Labute approximate surface area is 154 Å². The molecule has 0 saturated carbocycles. The highest BCUT2D eigenvalue weighted by Gasteiger charge is 2.25. The molecule has 1 heterocycles. The molecule has 0 aromatic heterocycles. The molecular formula is C21H25NO4. The van der Waals surface area contributed by atoms with Crippen molar-refractivity contribution >= 4 is 5.91 Å². The fourth-order valence-electron chi connectivity index (χ4n) is 3.23. The third-order valence-electron chi connectivity index (χ3n) is 4.63. The first-order chi connectivity index (χ1) is 12.7. The summed E-state index contributed by atoms with van der Waals surface area (Å²) in [6.45, 7) is 2.08. The van der Waals surface area contributed by atoms with Crippen molar-refractivity contribution in [3.05, 3.63) is 54.1 Å². The maximum atomic E-state index is 12.9. The molecular weight excluding hydrogens is 330 g/mol. The van der Waals surface area contributed by atoms with Crippen molar-refractivity contribution in [2.75, 3.05) is 33.9 Å². The highest BCUT2D eigenvalue weighted by Crippen LogP contribution is 2.25. The van der Waals surface area contributed by atoms with E-state index in [4.69, 9.17) is 14.2 Å². The molecule has 1 unspecified atom stereocenters. The van der Waals surface area contributed by atoms with Gasteiger partial charge in [0, 0.05) is 30.6 Å². The van der Waals surface area contributed by atoms with E-state index in [0.717, 1.165) is 25.1 Å². The lowest BCUT2D eigenvalue weighted by atomic mass is 9.98. The van der Waals surface area contributed by atoms with Crippen molar-refractivity contribution in [3.63, 3.8) is 0 Å². The van der Waals surface area contributed by atoms with Crippen LogP contribution in [0.4, 0.5) is 0 Å². The van der Waals surface area contributed by atoms with Gasteiger partial charge in [0.05, 0.1) is 20.8 Å². The summed E-state index contributed by atoms with van der Waals surface area (Å²) in [5.74, 6) is 2.45. The first kappa shape index (κ1) is 18.1. The molecule has 138 valence electrons. The fourth-order valence-corrected chi connectivity index (χ4v) is 3.23. The third kappa shape index (κ3) is 4.48. The summed E-state index contributed by atoms with van der Waals surface area (Å²) >= 11 is 0. The Balaban J connectivity index is 1.64. The van der Waals surface area contributed by atoms with Crippen LogP contribution in [0.25, 0.3) is 0 Å².